The second kappa shape index (κ2) is 5.40. The first-order valence-electron chi connectivity index (χ1n) is 6.48. The maximum Gasteiger partial charge on any atom is 0.224 e. The van der Waals surface area contributed by atoms with E-state index in [4.69, 9.17) is 0 Å². The number of aryl methyl sites for hydroxylation is 1. The van der Waals surface area contributed by atoms with Crippen molar-refractivity contribution in [3.63, 3.8) is 0 Å². The van der Waals surface area contributed by atoms with Crippen LogP contribution in [-0.2, 0) is 11.8 Å². The van der Waals surface area contributed by atoms with E-state index in [9.17, 15) is 4.79 Å². The fourth-order valence-corrected chi connectivity index (χ4v) is 1.90. The molecule has 1 amide bonds. The first-order valence-corrected chi connectivity index (χ1v) is 6.48. The largest absolute Gasteiger partial charge is 0.326 e. The number of amides is 1. The van der Waals surface area contributed by atoms with E-state index in [2.05, 4.69) is 20.8 Å². The van der Waals surface area contributed by atoms with Gasteiger partial charge in [-0.25, -0.2) is 4.68 Å². The van der Waals surface area contributed by atoms with Crippen molar-refractivity contribution in [3.05, 3.63) is 24.3 Å². The molecule has 0 radical (unpaired) electrons. The molecule has 1 N–H and O–H groups in total. The number of hydrogen-bond donors (Lipinski definition) is 1. The number of benzene rings is 1. The summed E-state index contributed by atoms with van der Waals surface area (Å²) in [6.45, 7) is 6.11. The lowest BCUT2D eigenvalue weighted by Gasteiger charge is -2.17. The highest BCUT2D eigenvalue weighted by Crippen LogP contribution is 2.22. The predicted octanol–water partition coefficient (Wildman–Crippen LogP) is 2.25. The fraction of sp³-hybridized carbons (Fsp3) is 0.429. The summed E-state index contributed by atoms with van der Waals surface area (Å²) in [4.78, 5) is 11.9. The van der Waals surface area contributed by atoms with Crippen LogP contribution < -0.4 is 5.32 Å². The van der Waals surface area contributed by atoms with Gasteiger partial charge in [-0.05, 0) is 28.0 Å². The SMILES string of the molecule is Cn1nnnc1-c1cccc(NC(=O)CC(C)(C)C)c1. The van der Waals surface area contributed by atoms with Crippen LogP contribution in [0.1, 0.15) is 27.2 Å². The molecule has 0 spiro atoms. The standard InChI is InChI=1S/C14H19N5O/c1-14(2,3)9-12(20)15-11-7-5-6-10(8-11)13-16-17-18-19(13)4/h5-8H,9H2,1-4H3,(H,15,20). The summed E-state index contributed by atoms with van der Waals surface area (Å²) < 4.78 is 1.59. The quantitative estimate of drug-likeness (QED) is 0.931. The second-order valence-corrected chi connectivity index (χ2v) is 5.99. The Balaban J connectivity index is 2.15. The normalized spacial score (nSPS) is 11.4. The van der Waals surface area contributed by atoms with Crippen LogP contribution in [0.4, 0.5) is 5.69 Å². The maximum absolute atomic E-state index is 11.9. The van der Waals surface area contributed by atoms with Gasteiger partial charge >= 0.3 is 0 Å². The third-order valence-electron chi connectivity index (χ3n) is 2.72. The molecule has 1 heterocycles. The number of anilines is 1. The molecule has 0 unspecified atom stereocenters. The van der Waals surface area contributed by atoms with Gasteiger partial charge in [0.25, 0.3) is 0 Å². The van der Waals surface area contributed by atoms with Gasteiger partial charge < -0.3 is 5.32 Å². The molecule has 0 aliphatic rings. The smallest absolute Gasteiger partial charge is 0.224 e. The summed E-state index contributed by atoms with van der Waals surface area (Å²) in [7, 11) is 1.78. The molecule has 0 aliphatic heterocycles. The Morgan fingerprint density at radius 2 is 2.10 bits per heavy atom. The van der Waals surface area contributed by atoms with Gasteiger partial charge in [-0.2, -0.15) is 0 Å². The van der Waals surface area contributed by atoms with E-state index in [1.54, 1.807) is 11.7 Å². The number of tetrazole rings is 1. The molecule has 6 heteroatoms. The average molecular weight is 273 g/mol. The molecule has 0 aliphatic carbocycles. The molecule has 1 aromatic heterocycles. The summed E-state index contributed by atoms with van der Waals surface area (Å²) in [6, 6.07) is 7.50. The van der Waals surface area contributed by atoms with E-state index in [-0.39, 0.29) is 11.3 Å². The van der Waals surface area contributed by atoms with Gasteiger partial charge in [0.1, 0.15) is 0 Å². The van der Waals surface area contributed by atoms with Crippen molar-refractivity contribution in [2.24, 2.45) is 12.5 Å². The van der Waals surface area contributed by atoms with Crippen LogP contribution in [0.5, 0.6) is 0 Å². The molecular weight excluding hydrogens is 254 g/mol. The van der Waals surface area contributed by atoms with Crippen molar-refractivity contribution in [1.82, 2.24) is 20.2 Å². The Morgan fingerprint density at radius 1 is 1.35 bits per heavy atom. The van der Waals surface area contributed by atoms with E-state index >= 15 is 0 Å². The van der Waals surface area contributed by atoms with E-state index < -0.39 is 0 Å². The molecule has 0 saturated carbocycles. The Kier molecular flexibility index (Phi) is 3.83. The summed E-state index contributed by atoms with van der Waals surface area (Å²) in [5.41, 5.74) is 1.58. The third kappa shape index (κ3) is 3.63. The molecule has 20 heavy (non-hydrogen) atoms. The molecule has 1 aromatic carbocycles. The van der Waals surface area contributed by atoms with Crippen LogP contribution in [0.2, 0.25) is 0 Å². The second-order valence-electron chi connectivity index (χ2n) is 5.99. The maximum atomic E-state index is 11.9. The minimum Gasteiger partial charge on any atom is -0.326 e. The summed E-state index contributed by atoms with van der Waals surface area (Å²) in [6.07, 6.45) is 0.475. The third-order valence-corrected chi connectivity index (χ3v) is 2.72. The number of rotatable bonds is 3. The summed E-state index contributed by atoms with van der Waals surface area (Å²) in [5, 5.41) is 14.3. The van der Waals surface area contributed by atoms with Crippen molar-refractivity contribution in [2.45, 2.75) is 27.2 Å². The molecular formula is C14H19N5O. The van der Waals surface area contributed by atoms with E-state index in [1.165, 1.54) is 0 Å². The van der Waals surface area contributed by atoms with Crippen LogP contribution in [0.15, 0.2) is 24.3 Å². The number of hydrogen-bond acceptors (Lipinski definition) is 4. The Labute approximate surface area is 118 Å². The zero-order valence-corrected chi connectivity index (χ0v) is 12.2. The minimum absolute atomic E-state index is 0.00532. The number of nitrogens with one attached hydrogen (secondary N) is 1. The zero-order valence-electron chi connectivity index (χ0n) is 12.2. The first-order chi connectivity index (χ1) is 9.35. The van der Waals surface area contributed by atoms with Crippen molar-refractivity contribution < 1.29 is 4.79 Å². The van der Waals surface area contributed by atoms with Crippen LogP contribution in [-0.4, -0.2) is 26.1 Å². The summed E-state index contributed by atoms with van der Waals surface area (Å²) in [5.74, 6) is 0.669. The van der Waals surface area contributed by atoms with Crippen LogP contribution in [0, 0.1) is 5.41 Å². The zero-order chi connectivity index (χ0) is 14.8. The average Bonchev–Trinajstić information content (AvgIpc) is 2.73. The summed E-state index contributed by atoms with van der Waals surface area (Å²) >= 11 is 0. The highest BCUT2D eigenvalue weighted by atomic mass is 16.1. The fourth-order valence-electron chi connectivity index (χ4n) is 1.90. The van der Waals surface area contributed by atoms with E-state index in [1.807, 2.05) is 45.0 Å². The Morgan fingerprint density at radius 3 is 2.70 bits per heavy atom. The molecule has 106 valence electrons. The number of carbonyl (C=O) groups is 1. The number of aromatic nitrogens is 4. The van der Waals surface area contributed by atoms with E-state index in [0.717, 1.165) is 11.3 Å². The molecule has 0 saturated heterocycles. The van der Waals surface area contributed by atoms with Crippen molar-refractivity contribution in [1.29, 1.82) is 0 Å². The lowest BCUT2D eigenvalue weighted by Crippen LogP contribution is -2.19. The van der Waals surface area contributed by atoms with Crippen LogP contribution >= 0.6 is 0 Å². The van der Waals surface area contributed by atoms with Gasteiger partial charge in [-0.1, -0.05) is 32.9 Å². The highest BCUT2D eigenvalue weighted by molar-refractivity contribution is 5.91. The van der Waals surface area contributed by atoms with Gasteiger partial charge in [0.15, 0.2) is 5.82 Å². The molecule has 6 nitrogen and oxygen atoms in total. The Hall–Kier alpha value is -2.24. The van der Waals surface area contributed by atoms with Crippen molar-refractivity contribution in [3.8, 4) is 11.4 Å². The van der Waals surface area contributed by atoms with Gasteiger partial charge in [0.2, 0.25) is 5.91 Å². The first kappa shape index (κ1) is 14.2. The number of nitrogens with zero attached hydrogens (tertiary/aromatic N) is 4. The molecule has 0 bridgehead atoms. The van der Waals surface area contributed by atoms with Crippen molar-refractivity contribution >= 4 is 11.6 Å². The lowest BCUT2D eigenvalue weighted by molar-refractivity contribution is -0.117. The van der Waals surface area contributed by atoms with Crippen LogP contribution in [0.25, 0.3) is 11.4 Å². The van der Waals surface area contributed by atoms with Gasteiger partial charge in [0.05, 0.1) is 0 Å². The van der Waals surface area contributed by atoms with Gasteiger partial charge in [-0.3, -0.25) is 4.79 Å². The molecule has 0 fully saturated rings. The minimum atomic E-state index is -0.0325. The molecule has 2 aromatic rings. The number of carbonyl (C=O) groups excluding carboxylic acids is 1. The topological polar surface area (TPSA) is 72.7 Å². The van der Waals surface area contributed by atoms with Gasteiger partial charge in [-0.15, -0.1) is 5.10 Å². The van der Waals surface area contributed by atoms with Crippen molar-refractivity contribution in [2.75, 3.05) is 5.32 Å². The molecule has 0 atom stereocenters. The monoisotopic (exact) mass is 273 g/mol. The highest BCUT2D eigenvalue weighted by Gasteiger charge is 2.16. The van der Waals surface area contributed by atoms with E-state index in [0.29, 0.717) is 12.2 Å². The molecule has 2 rings (SSSR count). The lowest BCUT2D eigenvalue weighted by atomic mass is 9.92. The predicted molar refractivity (Wildman–Crippen MR) is 76.9 cm³/mol. The van der Waals surface area contributed by atoms with Gasteiger partial charge in [0, 0.05) is 24.7 Å². The Bertz CT molecular complexity index is 612. The van der Waals surface area contributed by atoms with Crippen LogP contribution in [0.3, 0.4) is 0 Å².